The van der Waals surface area contributed by atoms with E-state index in [2.05, 4.69) is 10.5 Å². The van der Waals surface area contributed by atoms with Crippen LogP contribution in [0.15, 0.2) is 23.3 Å². The van der Waals surface area contributed by atoms with Crippen molar-refractivity contribution in [2.75, 3.05) is 13.7 Å². The van der Waals surface area contributed by atoms with Gasteiger partial charge in [0.05, 0.1) is 17.6 Å². The second kappa shape index (κ2) is 6.12. The van der Waals surface area contributed by atoms with Crippen LogP contribution >= 0.6 is 0 Å². The van der Waals surface area contributed by atoms with Gasteiger partial charge in [-0.2, -0.15) is 0 Å². The molecular formula is C10H11ClN4O4. The van der Waals surface area contributed by atoms with E-state index in [1.54, 1.807) is 11.4 Å². The normalized spacial score (nSPS) is 13.9. The topological polar surface area (TPSA) is 110 Å². The number of carbonyl (C=O) groups excluding carboxylic acids is 1. The van der Waals surface area contributed by atoms with Crippen LogP contribution in [0, 0.1) is 10.1 Å². The van der Waals surface area contributed by atoms with Gasteiger partial charge < -0.3 is 17.1 Å². The van der Waals surface area contributed by atoms with Gasteiger partial charge >= 0.3 is 5.69 Å². The van der Waals surface area contributed by atoms with Crippen LogP contribution in [0.3, 0.4) is 0 Å². The highest BCUT2D eigenvalue weighted by Crippen LogP contribution is 2.27. The summed E-state index contributed by atoms with van der Waals surface area (Å²) in [6.45, 7) is 0.234. The van der Waals surface area contributed by atoms with Crippen LogP contribution in [-0.4, -0.2) is 30.3 Å². The van der Waals surface area contributed by atoms with E-state index in [1.165, 1.54) is 19.2 Å². The van der Waals surface area contributed by atoms with Crippen molar-refractivity contribution in [1.82, 2.24) is 5.43 Å². The van der Waals surface area contributed by atoms with Crippen LogP contribution in [0.25, 0.3) is 0 Å². The molecule has 0 aromatic heterocycles. The Morgan fingerprint density at radius 2 is 2.26 bits per heavy atom. The van der Waals surface area contributed by atoms with Gasteiger partial charge in [-0.1, -0.05) is 0 Å². The zero-order chi connectivity index (χ0) is 13.1. The molecule has 0 fully saturated rings. The van der Waals surface area contributed by atoms with Crippen LogP contribution in [0.2, 0.25) is 0 Å². The summed E-state index contributed by atoms with van der Waals surface area (Å²) in [7, 11) is 1.36. The summed E-state index contributed by atoms with van der Waals surface area (Å²) in [4.78, 5) is 21.2. The van der Waals surface area contributed by atoms with Crippen molar-refractivity contribution in [3.63, 3.8) is 0 Å². The minimum absolute atomic E-state index is 0. The van der Waals surface area contributed by atoms with Crippen LogP contribution < -0.4 is 27.9 Å². The summed E-state index contributed by atoms with van der Waals surface area (Å²) in [5.74, 6) is 0.529. The number of amidine groups is 1. The first-order valence-electron chi connectivity index (χ1n) is 5.14. The molecule has 1 aromatic carbocycles. The largest absolute Gasteiger partial charge is 1.00 e. The first kappa shape index (κ1) is 14.9. The summed E-state index contributed by atoms with van der Waals surface area (Å²) in [5.41, 5.74) is 2.89. The number of hydrazone groups is 1. The maximum Gasteiger partial charge on any atom is 0.310 e. The van der Waals surface area contributed by atoms with E-state index in [9.17, 15) is 14.9 Å². The van der Waals surface area contributed by atoms with Crippen molar-refractivity contribution < 1.29 is 32.2 Å². The number of amides is 1. The highest BCUT2D eigenvalue weighted by Gasteiger charge is 2.21. The summed E-state index contributed by atoms with van der Waals surface area (Å²) < 4.78 is 4.96. The maximum atomic E-state index is 10.9. The molecule has 8 nitrogen and oxygen atoms in total. The van der Waals surface area contributed by atoms with Gasteiger partial charge in [0.1, 0.15) is 0 Å². The Morgan fingerprint density at radius 3 is 2.79 bits per heavy atom. The van der Waals surface area contributed by atoms with Crippen molar-refractivity contribution in [2.45, 2.75) is 0 Å². The number of hydrogen-bond donors (Lipinski definition) is 2. The minimum atomic E-state index is -0.517. The van der Waals surface area contributed by atoms with Crippen LogP contribution in [0.1, 0.15) is 5.56 Å². The molecule has 3 N–H and O–H groups in total. The Morgan fingerprint density at radius 1 is 1.53 bits per heavy atom. The lowest BCUT2D eigenvalue weighted by Gasteiger charge is -2.10. The van der Waals surface area contributed by atoms with Crippen molar-refractivity contribution in [2.24, 2.45) is 5.10 Å². The molecule has 9 heteroatoms. The summed E-state index contributed by atoms with van der Waals surface area (Å²) in [6, 6.07) is 4.43. The molecule has 1 aromatic rings. The summed E-state index contributed by atoms with van der Waals surface area (Å²) in [5, 5.41) is 16.3. The van der Waals surface area contributed by atoms with E-state index in [1.807, 2.05) is 0 Å². The fourth-order valence-electron chi connectivity index (χ4n) is 1.57. The Hall–Kier alpha value is -2.19. The third kappa shape index (κ3) is 3.18. The highest BCUT2D eigenvalue weighted by molar-refractivity contribution is 5.95. The Kier molecular flexibility index (Phi) is 4.79. The Bertz CT molecular complexity index is 546. The van der Waals surface area contributed by atoms with Crippen molar-refractivity contribution in [3.05, 3.63) is 33.9 Å². The van der Waals surface area contributed by atoms with Gasteiger partial charge in [0.2, 0.25) is 5.84 Å². The van der Waals surface area contributed by atoms with Crippen LogP contribution in [-0.2, 0) is 4.79 Å². The predicted octanol–water partition coefficient (Wildman–Crippen LogP) is -4.04. The van der Waals surface area contributed by atoms with Gasteiger partial charge in [0.15, 0.2) is 12.3 Å². The maximum absolute atomic E-state index is 10.9. The van der Waals surface area contributed by atoms with Crippen LogP contribution in [0.5, 0.6) is 5.75 Å². The number of carbonyl (C=O) groups is 1. The van der Waals surface area contributed by atoms with Gasteiger partial charge in [-0.15, -0.1) is 5.10 Å². The molecule has 0 radical (unpaired) electrons. The number of quaternary nitrogens is 1. The number of nitro benzene ring substituents is 1. The Labute approximate surface area is 114 Å². The lowest BCUT2D eigenvalue weighted by molar-refractivity contribution is -0.529. The molecular weight excluding hydrogens is 276 g/mol. The smallest absolute Gasteiger partial charge is 0.310 e. The number of methoxy groups -OCH3 is 1. The molecule has 0 aliphatic carbocycles. The summed E-state index contributed by atoms with van der Waals surface area (Å²) in [6.07, 6.45) is 0. The minimum Gasteiger partial charge on any atom is -1.00 e. The van der Waals surface area contributed by atoms with Crippen molar-refractivity contribution in [1.29, 1.82) is 0 Å². The fraction of sp³-hybridized carbons (Fsp3) is 0.200. The molecule has 1 aliphatic rings. The first-order chi connectivity index (χ1) is 8.61. The fourth-order valence-corrected chi connectivity index (χ4v) is 1.57. The molecule has 0 bridgehead atoms. The lowest BCUT2D eigenvalue weighted by atomic mass is 10.1. The highest BCUT2D eigenvalue weighted by atomic mass is 35.5. The molecule has 1 amide bonds. The molecule has 0 spiro atoms. The molecule has 0 unspecified atom stereocenters. The SMILES string of the molecule is COc1cc(C2=NNC(=O)C[NH2+]2)ccc1[N+](=O)[O-].[Cl-]. The van der Waals surface area contributed by atoms with E-state index in [4.69, 9.17) is 4.74 Å². The number of nitrogens with one attached hydrogen (secondary N) is 1. The van der Waals surface area contributed by atoms with Gasteiger partial charge in [-0.05, 0) is 6.07 Å². The van der Waals surface area contributed by atoms with Crippen molar-refractivity contribution in [3.8, 4) is 5.75 Å². The molecule has 2 rings (SSSR count). The molecule has 102 valence electrons. The van der Waals surface area contributed by atoms with Gasteiger partial charge in [0.25, 0.3) is 5.91 Å². The third-order valence-corrected chi connectivity index (χ3v) is 2.45. The molecule has 1 aliphatic heterocycles. The average Bonchev–Trinajstić information content (AvgIpc) is 2.38. The van der Waals surface area contributed by atoms with Gasteiger partial charge in [-0.3, -0.25) is 20.2 Å². The third-order valence-electron chi connectivity index (χ3n) is 2.45. The average molecular weight is 287 g/mol. The molecule has 19 heavy (non-hydrogen) atoms. The number of nitrogens with two attached hydrogens (primary N) is 1. The number of ether oxygens (including phenoxy) is 1. The molecule has 0 saturated carbocycles. The zero-order valence-corrected chi connectivity index (χ0v) is 10.7. The van der Waals surface area contributed by atoms with E-state index >= 15 is 0 Å². The number of hydrogen-bond acceptors (Lipinski definition) is 5. The summed E-state index contributed by atoms with van der Waals surface area (Å²) >= 11 is 0. The molecule has 0 saturated heterocycles. The van der Waals surface area contributed by atoms with Crippen LogP contribution in [0.4, 0.5) is 5.69 Å². The number of nitrogens with zero attached hydrogens (tertiary/aromatic N) is 2. The molecule has 1 heterocycles. The first-order valence-corrected chi connectivity index (χ1v) is 5.14. The Balaban J connectivity index is 0.00000180. The second-order valence-corrected chi connectivity index (χ2v) is 3.58. The van der Waals surface area contributed by atoms with Gasteiger partial charge in [-0.25, -0.2) is 5.43 Å². The number of halogens is 1. The molecule has 0 atom stereocenters. The standard InChI is InChI=1S/C10H10N4O4.ClH/c1-18-8-4-6(2-3-7(8)14(16)17)10-11-5-9(15)12-13-10;/h2-4H,5H2,1H3,(H,11,13)(H,12,15);1H. The number of nitro groups is 1. The second-order valence-electron chi connectivity index (χ2n) is 3.58. The zero-order valence-electron chi connectivity index (χ0n) is 9.92. The quantitative estimate of drug-likeness (QED) is 0.435. The van der Waals surface area contributed by atoms with E-state index in [0.717, 1.165) is 0 Å². The van der Waals surface area contributed by atoms with E-state index < -0.39 is 4.92 Å². The van der Waals surface area contributed by atoms with Crippen molar-refractivity contribution >= 4 is 17.4 Å². The predicted molar refractivity (Wildman–Crippen MR) is 61.1 cm³/mol. The monoisotopic (exact) mass is 286 g/mol. The number of benzene rings is 1. The van der Waals surface area contributed by atoms with Gasteiger partial charge in [0, 0.05) is 12.1 Å². The van der Waals surface area contributed by atoms with E-state index in [0.29, 0.717) is 11.4 Å². The van der Waals surface area contributed by atoms with E-state index in [-0.39, 0.29) is 36.3 Å². The lowest BCUT2D eigenvalue weighted by Crippen LogP contribution is -3.00. The number of rotatable bonds is 3.